The van der Waals surface area contributed by atoms with Crippen molar-refractivity contribution in [3.63, 3.8) is 0 Å². The third-order valence-corrected chi connectivity index (χ3v) is 3.04. The Hall–Kier alpha value is -1.88. The number of para-hydroxylation sites is 2. The van der Waals surface area contributed by atoms with Crippen molar-refractivity contribution < 1.29 is 14.6 Å². The molecule has 2 aromatic rings. The zero-order chi connectivity index (χ0) is 13.8. The summed E-state index contributed by atoms with van der Waals surface area (Å²) in [5.41, 5.74) is 1.74. The van der Waals surface area contributed by atoms with Gasteiger partial charge in [-0.2, -0.15) is 0 Å². The zero-order valence-corrected chi connectivity index (χ0v) is 11.2. The van der Waals surface area contributed by atoms with Crippen LogP contribution in [0.25, 0.3) is 11.0 Å². The predicted molar refractivity (Wildman–Crippen MR) is 71.9 cm³/mol. The lowest BCUT2D eigenvalue weighted by Crippen LogP contribution is -2.18. The second-order valence-electron chi connectivity index (χ2n) is 4.31. The molecule has 1 atom stereocenters. The number of aromatic nitrogens is 2. The minimum Gasteiger partial charge on any atom is -0.465 e. The Morgan fingerprint density at radius 1 is 1.47 bits per heavy atom. The highest BCUT2D eigenvalue weighted by Crippen LogP contribution is 2.22. The lowest BCUT2D eigenvalue weighted by atomic mass is 10.1. The second-order valence-corrected chi connectivity index (χ2v) is 4.31. The van der Waals surface area contributed by atoms with Gasteiger partial charge in [-0.05, 0) is 26.0 Å². The summed E-state index contributed by atoms with van der Waals surface area (Å²) in [6.07, 6.45) is 0. The highest BCUT2D eigenvalue weighted by atomic mass is 16.5. The van der Waals surface area contributed by atoms with Gasteiger partial charge in [-0.15, -0.1) is 0 Å². The maximum absolute atomic E-state index is 11.8. The van der Waals surface area contributed by atoms with Gasteiger partial charge in [0.15, 0.2) is 0 Å². The monoisotopic (exact) mass is 262 g/mol. The SMILES string of the molecule is CCOC(=O)C(C)c1nc2ccccc2n1CCO. The highest BCUT2D eigenvalue weighted by molar-refractivity contribution is 5.81. The van der Waals surface area contributed by atoms with Crippen LogP contribution < -0.4 is 0 Å². The maximum Gasteiger partial charge on any atom is 0.316 e. The predicted octanol–water partition coefficient (Wildman–Crippen LogP) is 1.70. The Balaban J connectivity index is 2.46. The Kier molecular flexibility index (Phi) is 4.16. The van der Waals surface area contributed by atoms with Crippen LogP contribution in [-0.2, 0) is 16.1 Å². The third-order valence-electron chi connectivity index (χ3n) is 3.04. The molecule has 1 unspecified atom stereocenters. The molecule has 0 radical (unpaired) electrons. The normalized spacial score (nSPS) is 12.6. The van der Waals surface area contributed by atoms with Crippen molar-refractivity contribution in [2.24, 2.45) is 0 Å². The molecule has 0 amide bonds. The molecular weight excluding hydrogens is 244 g/mol. The van der Waals surface area contributed by atoms with Gasteiger partial charge < -0.3 is 14.4 Å². The molecule has 0 saturated carbocycles. The Bertz CT molecular complexity index is 577. The van der Waals surface area contributed by atoms with Gasteiger partial charge in [0.2, 0.25) is 0 Å². The van der Waals surface area contributed by atoms with Gasteiger partial charge in [0.1, 0.15) is 11.7 Å². The molecule has 102 valence electrons. The van der Waals surface area contributed by atoms with Crippen LogP contribution in [0.4, 0.5) is 0 Å². The molecule has 1 heterocycles. The largest absolute Gasteiger partial charge is 0.465 e. The van der Waals surface area contributed by atoms with E-state index in [4.69, 9.17) is 4.74 Å². The molecule has 0 aliphatic carbocycles. The van der Waals surface area contributed by atoms with Gasteiger partial charge in [0.05, 0.1) is 24.2 Å². The smallest absolute Gasteiger partial charge is 0.316 e. The Labute approximate surface area is 111 Å². The number of rotatable bonds is 5. The van der Waals surface area contributed by atoms with E-state index in [1.165, 1.54) is 0 Å². The quantitative estimate of drug-likeness (QED) is 0.833. The summed E-state index contributed by atoms with van der Waals surface area (Å²) in [7, 11) is 0. The van der Waals surface area contributed by atoms with Gasteiger partial charge in [-0.3, -0.25) is 4.79 Å². The minimum atomic E-state index is -0.445. The second kappa shape index (κ2) is 5.84. The molecule has 0 spiro atoms. The average molecular weight is 262 g/mol. The van der Waals surface area contributed by atoms with E-state index in [1.807, 2.05) is 28.8 Å². The molecule has 1 aromatic carbocycles. The first-order valence-corrected chi connectivity index (χ1v) is 6.41. The first kappa shape index (κ1) is 13.5. The molecule has 5 heteroatoms. The van der Waals surface area contributed by atoms with Crippen LogP contribution in [0.2, 0.25) is 0 Å². The number of fused-ring (bicyclic) bond motifs is 1. The standard InChI is InChI=1S/C14H18N2O3/c1-3-19-14(18)10(2)13-15-11-6-4-5-7-12(11)16(13)8-9-17/h4-7,10,17H,3,8-9H2,1-2H3. The lowest BCUT2D eigenvalue weighted by Gasteiger charge is -2.12. The summed E-state index contributed by atoms with van der Waals surface area (Å²) < 4.78 is 6.90. The summed E-state index contributed by atoms with van der Waals surface area (Å²) in [6.45, 7) is 4.32. The van der Waals surface area contributed by atoms with Crippen molar-refractivity contribution in [2.45, 2.75) is 26.3 Å². The van der Waals surface area contributed by atoms with E-state index in [1.54, 1.807) is 13.8 Å². The molecule has 0 fully saturated rings. The molecule has 1 aromatic heterocycles. The molecular formula is C14H18N2O3. The van der Waals surface area contributed by atoms with Crippen LogP contribution in [0.3, 0.4) is 0 Å². The Morgan fingerprint density at radius 2 is 2.21 bits per heavy atom. The van der Waals surface area contributed by atoms with Crippen molar-refractivity contribution in [3.05, 3.63) is 30.1 Å². The number of ether oxygens (including phenoxy) is 1. The molecule has 5 nitrogen and oxygen atoms in total. The van der Waals surface area contributed by atoms with Crippen LogP contribution >= 0.6 is 0 Å². The van der Waals surface area contributed by atoms with E-state index >= 15 is 0 Å². The number of aliphatic hydroxyl groups excluding tert-OH is 1. The van der Waals surface area contributed by atoms with Crippen molar-refractivity contribution in [2.75, 3.05) is 13.2 Å². The number of hydrogen-bond donors (Lipinski definition) is 1. The van der Waals surface area contributed by atoms with Crippen LogP contribution in [0.5, 0.6) is 0 Å². The fourth-order valence-corrected chi connectivity index (χ4v) is 2.13. The number of carbonyl (C=O) groups is 1. The lowest BCUT2D eigenvalue weighted by molar-refractivity contribution is -0.144. The topological polar surface area (TPSA) is 64.3 Å². The van der Waals surface area contributed by atoms with Crippen LogP contribution in [-0.4, -0.2) is 33.8 Å². The number of nitrogens with zero attached hydrogens (tertiary/aromatic N) is 2. The van der Waals surface area contributed by atoms with Gasteiger partial charge in [-0.25, -0.2) is 4.98 Å². The van der Waals surface area contributed by atoms with E-state index in [9.17, 15) is 9.90 Å². The van der Waals surface area contributed by atoms with Crippen molar-refractivity contribution >= 4 is 17.0 Å². The van der Waals surface area contributed by atoms with Gasteiger partial charge in [0.25, 0.3) is 0 Å². The van der Waals surface area contributed by atoms with Gasteiger partial charge >= 0.3 is 5.97 Å². The van der Waals surface area contributed by atoms with E-state index in [2.05, 4.69) is 4.98 Å². The first-order chi connectivity index (χ1) is 9.19. The number of esters is 1. The van der Waals surface area contributed by atoms with Crippen LogP contribution in [0.15, 0.2) is 24.3 Å². The molecule has 1 N–H and O–H groups in total. The maximum atomic E-state index is 11.8. The van der Waals surface area contributed by atoms with Crippen molar-refractivity contribution in [3.8, 4) is 0 Å². The summed E-state index contributed by atoms with van der Waals surface area (Å²) in [4.78, 5) is 16.3. The molecule has 0 aliphatic heterocycles. The average Bonchev–Trinajstić information content (AvgIpc) is 2.78. The molecule has 0 saturated heterocycles. The number of aliphatic hydroxyl groups is 1. The van der Waals surface area contributed by atoms with E-state index in [-0.39, 0.29) is 12.6 Å². The summed E-state index contributed by atoms with van der Waals surface area (Å²) in [5.74, 6) is -0.107. The summed E-state index contributed by atoms with van der Waals surface area (Å²) in [5, 5.41) is 9.18. The number of benzene rings is 1. The zero-order valence-electron chi connectivity index (χ0n) is 11.2. The fraction of sp³-hybridized carbons (Fsp3) is 0.429. The number of hydrogen-bond acceptors (Lipinski definition) is 4. The van der Waals surface area contributed by atoms with Crippen LogP contribution in [0.1, 0.15) is 25.6 Å². The Morgan fingerprint density at radius 3 is 2.89 bits per heavy atom. The van der Waals surface area contributed by atoms with Gasteiger partial charge in [-0.1, -0.05) is 12.1 Å². The van der Waals surface area contributed by atoms with Crippen LogP contribution in [0, 0.1) is 0 Å². The first-order valence-electron chi connectivity index (χ1n) is 6.41. The molecule has 0 aliphatic rings. The third kappa shape index (κ3) is 2.61. The van der Waals surface area contributed by atoms with E-state index < -0.39 is 5.92 Å². The van der Waals surface area contributed by atoms with Crippen molar-refractivity contribution in [1.29, 1.82) is 0 Å². The molecule has 0 bridgehead atoms. The van der Waals surface area contributed by atoms with Gasteiger partial charge in [0, 0.05) is 6.54 Å². The molecule has 19 heavy (non-hydrogen) atoms. The molecule has 2 rings (SSSR count). The summed E-state index contributed by atoms with van der Waals surface area (Å²) >= 11 is 0. The fourth-order valence-electron chi connectivity index (χ4n) is 2.13. The van der Waals surface area contributed by atoms with E-state index in [0.717, 1.165) is 11.0 Å². The minimum absolute atomic E-state index is 0.00288. The summed E-state index contributed by atoms with van der Waals surface area (Å²) in [6, 6.07) is 7.64. The number of imidazole rings is 1. The number of carbonyl (C=O) groups excluding carboxylic acids is 1. The van der Waals surface area contributed by atoms with E-state index in [0.29, 0.717) is 19.0 Å². The highest BCUT2D eigenvalue weighted by Gasteiger charge is 2.23. The van der Waals surface area contributed by atoms with Crippen molar-refractivity contribution in [1.82, 2.24) is 9.55 Å².